The van der Waals surface area contributed by atoms with Crippen LogP contribution in [0.1, 0.15) is 63.0 Å². The van der Waals surface area contributed by atoms with Gasteiger partial charge in [-0.05, 0) is 34.6 Å². The number of carbonyl (C=O) groups is 2. The van der Waals surface area contributed by atoms with Gasteiger partial charge in [0.2, 0.25) is 0 Å². The van der Waals surface area contributed by atoms with Gasteiger partial charge in [-0.15, -0.1) is 0 Å². The average Bonchev–Trinajstić information content (AvgIpc) is 2.53. The van der Waals surface area contributed by atoms with Crippen LogP contribution in [-0.4, -0.2) is 12.0 Å². The van der Waals surface area contributed by atoms with Crippen LogP contribution in [0.5, 0.6) is 5.75 Å². The minimum atomic E-state index is -0.839. The summed E-state index contributed by atoms with van der Waals surface area (Å²) in [6.45, 7) is 12.5. The molecule has 0 aromatic heterocycles. The van der Waals surface area contributed by atoms with E-state index < -0.39 is 12.0 Å². The van der Waals surface area contributed by atoms with Gasteiger partial charge in [-0.3, -0.25) is 10.1 Å². The number of nitrogens with one attached hydrogen (secondary N) is 1. The van der Waals surface area contributed by atoms with Crippen LogP contribution >= 0.6 is 11.6 Å². The van der Waals surface area contributed by atoms with E-state index in [0.717, 1.165) is 11.1 Å². The second kappa shape index (κ2) is 7.73. The first-order valence-electron chi connectivity index (χ1n) is 8.82. The van der Waals surface area contributed by atoms with E-state index in [4.69, 9.17) is 16.3 Å². The highest BCUT2D eigenvalue weighted by Crippen LogP contribution is 2.35. The highest BCUT2D eigenvalue weighted by Gasteiger charge is 2.25. The summed E-state index contributed by atoms with van der Waals surface area (Å²) >= 11 is 5.99. The molecule has 0 aliphatic heterocycles. The normalized spacial score (nSPS) is 11.8. The topological polar surface area (TPSA) is 55.4 Å². The van der Waals surface area contributed by atoms with Crippen LogP contribution in [0.25, 0.3) is 0 Å². The van der Waals surface area contributed by atoms with Crippen LogP contribution in [0.3, 0.4) is 0 Å². The molecular formula is C22H26ClNO3. The summed E-state index contributed by atoms with van der Waals surface area (Å²) in [5.74, 6) is -0.172. The molecule has 0 bridgehead atoms. The second-order valence-electron chi connectivity index (χ2n) is 8.53. The molecule has 144 valence electrons. The van der Waals surface area contributed by atoms with Crippen molar-refractivity contribution in [3.05, 3.63) is 64.2 Å². The Morgan fingerprint density at radius 1 is 0.926 bits per heavy atom. The van der Waals surface area contributed by atoms with Crippen LogP contribution < -0.4 is 10.1 Å². The number of amides is 2. The second-order valence-corrected chi connectivity index (χ2v) is 8.94. The third kappa shape index (κ3) is 5.33. The van der Waals surface area contributed by atoms with Crippen molar-refractivity contribution in [1.29, 1.82) is 0 Å². The molecular weight excluding hydrogens is 362 g/mol. The maximum Gasteiger partial charge on any atom is 0.419 e. The van der Waals surface area contributed by atoms with E-state index in [2.05, 4.69) is 52.9 Å². The number of ether oxygens (including phenoxy) is 1. The van der Waals surface area contributed by atoms with E-state index in [9.17, 15) is 9.59 Å². The van der Waals surface area contributed by atoms with Crippen molar-refractivity contribution in [3.8, 4) is 5.75 Å². The van der Waals surface area contributed by atoms with Gasteiger partial charge in [0, 0.05) is 5.56 Å². The van der Waals surface area contributed by atoms with Crippen molar-refractivity contribution in [2.75, 3.05) is 0 Å². The fourth-order valence-corrected chi connectivity index (χ4v) is 2.82. The van der Waals surface area contributed by atoms with Gasteiger partial charge in [0.25, 0.3) is 5.91 Å². The van der Waals surface area contributed by atoms with E-state index in [1.165, 1.54) is 0 Å². The van der Waals surface area contributed by atoms with Gasteiger partial charge in [0.1, 0.15) is 5.75 Å². The summed E-state index contributed by atoms with van der Waals surface area (Å²) < 4.78 is 5.46. The van der Waals surface area contributed by atoms with Gasteiger partial charge >= 0.3 is 6.09 Å². The predicted molar refractivity (Wildman–Crippen MR) is 109 cm³/mol. The number of halogens is 1. The zero-order valence-electron chi connectivity index (χ0n) is 16.6. The number of imide groups is 1. The Morgan fingerprint density at radius 2 is 1.56 bits per heavy atom. The molecule has 1 N–H and O–H groups in total. The Hall–Kier alpha value is -2.33. The molecule has 0 spiro atoms. The summed E-state index contributed by atoms with van der Waals surface area (Å²) in [5.41, 5.74) is 2.00. The third-order valence-corrected chi connectivity index (χ3v) is 4.52. The Morgan fingerprint density at radius 3 is 2.11 bits per heavy atom. The van der Waals surface area contributed by atoms with Crippen molar-refractivity contribution < 1.29 is 14.3 Å². The summed E-state index contributed by atoms with van der Waals surface area (Å²) in [5, 5.41) is 2.50. The number of rotatable bonds is 2. The first-order chi connectivity index (χ1) is 12.4. The number of hydrogen-bond donors (Lipinski definition) is 1. The van der Waals surface area contributed by atoms with Gasteiger partial charge in [-0.1, -0.05) is 77.4 Å². The van der Waals surface area contributed by atoms with Crippen molar-refractivity contribution in [3.63, 3.8) is 0 Å². The molecule has 5 heteroatoms. The first kappa shape index (κ1) is 21.0. The highest BCUT2D eigenvalue weighted by atomic mass is 35.5. The van der Waals surface area contributed by atoms with Crippen molar-refractivity contribution >= 4 is 23.6 Å². The lowest BCUT2D eigenvalue weighted by Gasteiger charge is -2.26. The van der Waals surface area contributed by atoms with E-state index in [1.807, 2.05) is 6.07 Å². The summed E-state index contributed by atoms with van der Waals surface area (Å²) in [7, 11) is 0. The summed E-state index contributed by atoms with van der Waals surface area (Å²) in [6, 6.07) is 12.3. The maximum atomic E-state index is 12.3. The van der Waals surface area contributed by atoms with E-state index in [1.54, 1.807) is 30.3 Å². The molecule has 0 saturated heterocycles. The van der Waals surface area contributed by atoms with E-state index in [-0.39, 0.29) is 21.4 Å². The monoisotopic (exact) mass is 387 g/mol. The zero-order valence-corrected chi connectivity index (χ0v) is 17.4. The molecule has 0 aliphatic carbocycles. The lowest BCUT2D eigenvalue weighted by Crippen LogP contribution is -2.33. The molecule has 2 aromatic rings. The predicted octanol–water partition coefficient (Wildman–Crippen LogP) is 5.86. The van der Waals surface area contributed by atoms with Gasteiger partial charge in [0.15, 0.2) is 0 Å². The van der Waals surface area contributed by atoms with Gasteiger partial charge in [-0.25, -0.2) is 4.79 Å². The molecule has 0 atom stereocenters. The van der Waals surface area contributed by atoms with Crippen molar-refractivity contribution in [2.45, 2.75) is 52.4 Å². The zero-order chi connectivity index (χ0) is 20.4. The van der Waals surface area contributed by atoms with Crippen LogP contribution in [0, 0.1) is 0 Å². The maximum absolute atomic E-state index is 12.3. The van der Waals surface area contributed by atoms with Crippen LogP contribution in [-0.2, 0) is 10.8 Å². The largest absolute Gasteiger partial charge is 0.419 e. The Bertz CT molecular complexity index is 861. The fourth-order valence-electron chi connectivity index (χ4n) is 2.60. The van der Waals surface area contributed by atoms with E-state index in [0.29, 0.717) is 5.75 Å². The molecule has 27 heavy (non-hydrogen) atoms. The number of benzene rings is 2. The van der Waals surface area contributed by atoms with Crippen molar-refractivity contribution in [1.82, 2.24) is 5.32 Å². The molecule has 2 rings (SSSR count). The lowest BCUT2D eigenvalue weighted by molar-refractivity contribution is 0.0951. The summed E-state index contributed by atoms with van der Waals surface area (Å²) in [4.78, 5) is 24.5. The average molecular weight is 388 g/mol. The molecule has 0 radical (unpaired) electrons. The van der Waals surface area contributed by atoms with Gasteiger partial charge in [-0.2, -0.15) is 0 Å². The van der Waals surface area contributed by atoms with Gasteiger partial charge < -0.3 is 4.74 Å². The van der Waals surface area contributed by atoms with Crippen molar-refractivity contribution in [2.24, 2.45) is 0 Å². The van der Waals surface area contributed by atoms with Gasteiger partial charge in [0.05, 0.1) is 10.6 Å². The van der Waals surface area contributed by atoms with Crippen LogP contribution in [0.2, 0.25) is 5.02 Å². The minimum Gasteiger partial charge on any atom is -0.410 e. The molecule has 2 amide bonds. The molecule has 0 fully saturated rings. The first-order valence-corrected chi connectivity index (χ1v) is 9.20. The number of carbonyl (C=O) groups excluding carboxylic acids is 2. The molecule has 0 saturated carbocycles. The molecule has 4 nitrogen and oxygen atoms in total. The Labute approximate surface area is 165 Å². The van der Waals surface area contributed by atoms with Crippen LogP contribution in [0.4, 0.5) is 4.79 Å². The molecule has 0 heterocycles. The number of hydrogen-bond acceptors (Lipinski definition) is 3. The minimum absolute atomic E-state index is 0.0270. The standard InChI is InChI=1S/C22H26ClNO3/c1-21(2,3)14-11-12-18(16(13-14)22(4,5)6)27-20(26)24-19(25)15-9-7-8-10-17(15)23/h7-13H,1-6H3,(H,24,25,26). The van der Waals surface area contributed by atoms with E-state index >= 15 is 0 Å². The quantitative estimate of drug-likeness (QED) is 0.701. The smallest absolute Gasteiger partial charge is 0.410 e. The fraction of sp³-hybridized carbons (Fsp3) is 0.364. The SMILES string of the molecule is CC(C)(C)c1ccc(OC(=O)NC(=O)c2ccccc2Cl)c(C(C)(C)C)c1. The molecule has 0 aliphatic rings. The Balaban J connectivity index is 2.25. The summed E-state index contributed by atoms with van der Waals surface area (Å²) in [6.07, 6.45) is -0.839. The highest BCUT2D eigenvalue weighted by molar-refractivity contribution is 6.34. The molecule has 2 aromatic carbocycles. The van der Waals surface area contributed by atoms with Crippen LogP contribution in [0.15, 0.2) is 42.5 Å². The molecule has 0 unspecified atom stereocenters. The third-order valence-electron chi connectivity index (χ3n) is 4.19. The lowest BCUT2D eigenvalue weighted by atomic mass is 9.80. The Kier molecular flexibility index (Phi) is 6.01.